The number of likely N-dealkylation sites (tertiary alicyclic amines) is 1. The van der Waals surface area contributed by atoms with Gasteiger partial charge in [0.25, 0.3) is 0 Å². The molecule has 0 aliphatic carbocycles. The lowest BCUT2D eigenvalue weighted by atomic mass is 9.96. The van der Waals surface area contributed by atoms with Crippen LogP contribution in [0.5, 0.6) is 0 Å². The molecule has 1 fully saturated rings. The van der Waals surface area contributed by atoms with E-state index < -0.39 is 0 Å². The van der Waals surface area contributed by atoms with Gasteiger partial charge in [-0.05, 0) is 44.0 Å². The van der Waals surface area contributed by atoms with E-state index in [0.29, 0.717) is 12.8 Å². The van der Waals surface area contributed by atoms with Gasteiger partial charge in [-0.3, -0.25) is 13.9 Å². The van der Waals surface area contributed by atoms with E-state index in [9.17, 15) is 4.79 Å². The summed E-state index contributed by atoms with van der Waals surface area (Å²) in [4.78, 5) is 14.9. The number of pyridine rings is 1. The van der Waals surface area contributed by atoms with Crippen molar-refractivity contribution in [1.29, 1.82) is 0 Å². The van der Waals surface area contributed by atoms with E-state index in [1.807, 2.05) is 33.7 Å². The summed E-state index contributed by atoms with van der Waals surface area (Å²) in [5.41, 5.74) is 3.11. The number of hydrogen-bond acceptors (Lipinski definition) is 5. The van der Waals surface area contributed by atoms with Gasteiger partial charge in [0.15, 0.2) is 5.65 Å². The minimum Gasteiger partial charge on any atom is -0.342 e. The normalized spacial score (nSPS) is 19.2. The third-order valence-electron chi connectivity index (χ3n) is 6.02. The molecule has 2 aliphatic rings. The first kappa shape index (κ1) is 20.8. The third kappa shape index (κ3) is 4.20. The Morgan fingerprint density at radius 2 is 2.13 bits per heavy atom. The summed E-state index contributed by atoms with van der Waals surface area (Å²) < 4.78 is 4.14. The van der Waals surface area contributed by atoms with Crippen molar-refractivity contribution in [2.75, 3.05) is 19.6 Å². The molecule has 2 aliphatic heterocycles. The fraction of sp³-hybridized carbons (Fsp3) is 0.524. The predicted molar refractivity (Wildman–Crippen MR) is 116 cm³/mol. The molecule has 9 heteroatoms. The zero-order chi connectivity index (χ0) is 19.6. The molecule has 1 amide bonds. The molecule has 0 saturated carbocycles. The summed E-state index contributed by atoms with van der Waals surface area (Å²) in [7, 11) is 0. The van der Waals surface area contributed by atoms with Crippen LogP contribution in [0.15, 0.2) is 30.5 Å². The Morgan fingerprint density at radius 1 is 1.20 bits per heavy atom. The van der Waals surface area contributed by atoms with Crippen LogP contribution in [0.3, 0.4) is 0 Å². The first-order valence-corrected chi connectivity index (χ1v) is 10.6. The van der Waals surface area contributed by atoms with Gasteiger partial charge in [-0.1, -0.05) is 6.07 Å². The van der Waals surface area contributed by atoms with Crippen molar-refractivity contribution in [3.05, 3.63) is 47.7 Å². The average Bonchev–Trinajstić information content (AvgIpc) is 3.30. The highest BCUT2D eigenvalue weighted by molar-refractivity contribution is 5.85. The maximum absolute atomic E-state index is 12.9. The fourth-order valence-corrected chi connectivity index (χ4v) is 4.49. The number of hydrogen-bond donors (Lipinski definition) is 1. The number of piperidine rings is 1. The Kier molecular flexibility index (Phi) is 6.34. The molecule has 1 N–H and O–H groups in total. The van der Waals surface area contributed by atoms with Crippen molar-refractivity contribution < 1.29 is 4.79 Å². The monoisotopic (exact) mass is 429 g/mol. The molecule has 8 nitrogen and oxygen atoms in total. The number of aromatic nitrogens is 5. The molecule has 0 spiro atoms. The van der Waals surface area contributed by atoms with Crippen LogP contribution in [0.1, 0.15) is 48.8 Å². The molecule has 1 saturated heterocycles. The Morgan fingerprint density at radius 3 is 3.07 bits per heavy atom. The van der Waals surface area contributed by atoms with Gasteiger partial charge in [0.05, 0.1) is 11.4 Å². The maximum atomic E-state index is 12.9. The average molecular weight is 430 g/mol. The lowest BCUT2D eigenvalue weighted by molar-refractivity contribution is -0.132. The zero-order valence-electron chi connectivity index (χ0n) is 17.0. The van der Waals surface area contributed by atoms with Crippen LogP contribution in [-0.2, 0) is 24.3 Å². The minimum absolute atomic E-state index is 0. The molecule has 0 radical (unpaired) electrons. The zero-order valence-corrected chi connectivity index (χ0v) is 17.9. The van der Waals surface area contributed by atoms with Gasteiger partial charge >= 0.3 is 0 Å². The standard InChI is InChI=1S/C21H27N7O.ClH/c29-20(8-7-17-13-18-14-22-9-4-12-28(18)25-17)26-10-3-5-16(15-26)21-24-23-19-6-1-2-11-27(19)21;/h1-2,6,11,13,16,22H,3-5,7-10,12,14-15H2;1H. The van der Waals surface area contributed by atoms with Gasteiger partial charge < -0.3 is 10.2 Å². The highest BCUT2D eigenvalue weighted by Gasteiger charge is 2.27. The molecule has 5 heterocycles. The summed E-state index contributed by atoms with van der Waals surface area (Å²) in [6.07, 6.45) is 6.36. The number of rotatable bonds is 4. The molecule has 1 unspecified atom stereocenters. The SMILES string of the molecule is Cl.O=C(CCc1cc2n(n1)CCCNC2)N1CCCC(c2nnc3ccccn23)C1. The number of halogens is 1. The van der Waals surface area contributed by atoms with E-state index in [4.69, 9.17) is 5.10 Å². The van der Waals surface area contributed by atoms with Crippen molar-refractivity contribution in [3.8, 4) is 0 Å². The summed E-state index contributed by atoms with van der Waals surface area (Å²) in [5.74, 6) is 1.41. The summed E-state index contributed by atoms with van der Waals surface area (Å²) in [6.45, 7) is 4.40. The van der Waals surface area contributed by atoms with Crippen molar-refractivity contribution >= 4 is 24.0 Å². The van der Waals surface area contributed by atoms with Crippen molar-refractivity contribution in [1.82, 2.24) is 34.6 Å². The first-order valence-electron chi connectivity index (χ1n) is 10.6. The number of amides is 1. The Hall–Kier alpha value is -2.45. The molecule has 160 valence electrons. The van der Waals surface area contributed by atoms with Gasteiger partial charge in [0.1, 0.15) is 5.82 Å². The third-order valence-corrected chi connectivity index (χ3v) is 6.02. The number of nitrogens with zero attached hydrogens (tertiary/aromatic N) is 6. The Balaban J connectivity index is 0.00000218. The number of carbonyl (C=O) groups is 1. The van der Waals surface area contributed by atoms with Crippen LogP contribution >= 0.6 is 12.4 Å². The van der Waals surface area contributed by atoms with Gasteiger partial charge in [-0.15, -0.1) is 22.6 Å². The fourth-order valence-electron chi connectivity index (χ4n) is 4.49. The molecular formula is C21H28ClN7O. The van der Waals surface area contributed by atoms with E-state index in [2.05, 4.69) is 26.3 Å². The predicted octanol–water partition coefficient (Wildman–Crippen LogP) is 2.18. The smallest absolute Gasteiger partial charge is 0.222 e. The van der Waals surface area contributed by atoms with Crippen LogP contribution in [0.4, 0.5) is 0 Å². The van der Waals surface area contributed by atoms with E-state index in [1.54, 1.807) is 0 Å². The van der Waals surface area contributed by atoms with Gasteiger partial charge in [-0.2, -0.15) is 5.10 Å². The highest BCUT2D eigenvalue weighted by atomic mass is 35.5. The largest absolute Gasteiger partial charge is 0.342 e. The first-order chi connectivity index (χ1) is 14.3. The number of nitrogens with one attached hydrogen (secondary N) is 1. The molecule has 3 aromatic heterocycles. The van der Waals surface area contributed by atoms with Crippen LogP contribution in [0.25, 0.3) is 5.65 Å². The molecule has 30 heavy (non-hydrogen) atoms. The second kappa shape index (κ2) is 9.14. The van der Waals surface area contributed by atoms with E-state index in [1.165, 1.54) is 5.69 Å². The lowest BCUT2D eigenvalue weighted by Crippen LogP contribution is -2.39. The summed E-state index contributed by atoms with van der Waals surface area (Å²) >= 11 is 0. The van der Waals surface area contributed by atoms with Crippen molar-refractivity contribution in [2.24, 2.45) is 0 Å². The number of aryl methyl sites for hydroxylation is 2. The van der Waals surface area contributed by atoms with Crippen LogP contribution in [0, 0.1) is 0 Å². The van der Waals surface area contributed by atoms with Gasteiger partial charge in [0.2, 0.25) is 5.91 Å². The Labute approximate surface area is 182 Å². The van der Waals surface area contributed by atoms with E-state index >= 15 is 0 Å². The van der Waals surface area contributed by atoms with Gasteiger partial charge in [-0.25, -0.2) is 0 Å². The minimum atomic E-state index is 0. The van der Waals surface area contributed by atoms with Crippen LogP contribution in [-0.4, -0.2) is 54.8 Å². The van der Waals surface area contributed by atoms with Crippen molar-refractivity contribution in [2.45, 2.75) is 51.1 Å². The second-order valence-electron chi connectivity index (χ2n) is 8.05. The molecule has 0 bridgehead atoms. The quantitative estimate of drug-likeness (QED) is 0.687. The highest BCUT2D eigenvalue weighted by Crippen LogP contribution is 2.26. The molecular weight excluding hydrogens is 402 g/mol. The van der Waals surface area contributed by atoms with Crippen LogP contribution in [0.2, 0.25) is 0 Å². The molecule has 1 atom stereocenters. The number of fused-ring (bicyclic) bond motifs is 2. The Bertz CT molecular complexity index is 990. The van der Waals surface area contributed by atoms with E-state index in [-0.39, 0.29) is 24.2 Å². The van der Waals surface area contributed by atoms with Crippen molar-refractivity contribution in [3.63, 3.8) is 0 Å². The lowest BCUT2D eigenvalue weighted by Gasteiger charge is -2.32. The topological polar surface area (TPSA) is 80.3 Å². The molecule has 0 aromatic carbocycles. The molecule has 5 rings (SSSR count). The summed E-state index contributed by atoms with van der Waals surface area (Å²) in [5, 5.41) is 16.8. The maximum Gasteiger partial charge on any atom is 0.222 e. The molecule has 3 aromatic rings. The van der Waals surface area contributed by atoms with Gasteiger partial charge in [0, 0.05) is 51.1 Å². The van der Waals surface area contributed by atoms with Crippen LogP contribution < -0.4 is 5.32 Å². The number of carbonyl (C=O) groups excluding carboxylic acids is 1. The second-order valence-corrected chi connectivity index (χ2v) is 8.05. The van der Waals surface area contributed by atoms with E-state index in [0.717, 1.165) is 69.2 Å². The summed E-state index contributed by atoms with van der Waals surface area (Å²) in [6, 6.07) is 8.07.